The molecule has 2 N–H and O–H groups in total. The van der Waals surface area contributed by atoms with Gasteiger partial charge in [-0.1, -0.05) is 30.3 Å². The van der Waals surface area contributed by atoms with Gasteiger partial charge in [0.05, 0.1) is 18.0 Å². The first-order valence-corrected chi connectivity index (χ1v) is 9.45. The largest absolute Gasteiger partial charge is 0.372 e. The number of ether oxygens (including phenoxy) is 1. The number of benzene rings is 1. The summed E-state index contributed by atoms with van der Waals surface area (Å²) in [5.41, 5.74) is 2.90. The van der Waals surface area contributed by atoms with E-state index in [0.717, 1.165) is 19.5 Å². The maximum Gasteiger partial charge on any atom is 0.246 e. The molecule has 24 heavy (non-hydrogen) atoms. The van der Waals surface area contributed by atoms with Gasteiger partial charge in [0.25, 0.3) is 0 Å². The van der Waals surface area contributed by atoms with Gasteiger partial charge in [-0.25, -0.2) is 0 Å². The van der Waals surface area contributed by atoms with Gasteiger partial charge in [0.2, 0.25) is 5.91 Å². The zero-order chi connectivity index (χ0) is 16.8. The van der Waals surface area contributed by atoms with Gasteiger partial charge in [-0.3, -0.25) is 4.79 Å². The molecule has 2 aromatic rings. The lowest BCUT2D eigenvalue weighted by atomic mass is 9.98. The van der Waals surface area contributed by atoms with Crippen LogP contribution in [0, 0.1) is 0 Å². The van der Waals surface area contributed by atoms with Crippen LogP contribution in [-0.2, 0) is 22.5 Å². The predicted octanol–water partition coefficient (Wildman–Crippen LogP) is 1.58. The Labute approximate surface area is 147 Å². The van der Waals surface area contributed by atoms with Crippen molar-refractivity contribution in [2.45, 2.75) is 25.9 Å². The predicted molar refractivity (Wildman–Crippen MR) is 96.2 cm³/mol. The number of rotatable bonds is 7. The number of nitrogens with one attached hydrogen (secondary N) is 2. The van der Waals surface area contributed by atoms with Gasteiger partial charge in [-0.15, -0.1) is 11.3 Å². The van der Waals surface area contributed by atoms with Crippen LogP contribution in [0.15, 0.2) is 41.8 Å². The van der Waals surface area contributed by atoms with Crippen molar-refractivity contribution in [3.8, 4) is 0 Å². The molecule has 0 spiro atoms. The van der Waals surface area contributed by atoms with E-state index < -0.39 is 0 Å². The highest BCUT2D eigenvalue weighted by Gasteiger charge is 2.29. The standard InChI is InChI=1S/C19H24N2O2S/c1-2-23-14-19(22)20-12-17(18-8-5-11-24-18)21-10-9-15-6-3-4-7-16(15)13-21/h3-8,11,17H,2,9-10,12-14H2,1H3,(H,20,22)/p+1/t17-/m0/s1. The molecule has 0 aliphatic carbocycles. The zero-order valence-electron chi connectivity index (χ0n) is 14.1. The fourth-order valence-corrected chi connectivity index (χ4v) is 4.18. The summed E-state index contributed by atoms with van der Waals surface area (Å²) in [4.78, 5) is 14.8. The Morgan fingerprint density at radius 1 is 1.29 bits per heavy atom. The number of amides is 1. The maximum atomic E-state index is 11.9. The molecule has 2 heterocycles. The molecule has 1 aromatic carbocycles. The number of carbonyl (C=O) groups is 1. The normalized spacial score (nSPS) is 18.0. The fourth-order valence-electron chi connectivity index (χ4n) is 3.30. The highest BCUT2D eigenvalue weighted by Crippen LogP contribution is 2.18. The third-order valence-corrected chi connectivity index (χ3v) is 5.56. The maximum absolute atomic E-state index is 11.9. The molecule has 128 valence electrons. The zero-order valence-corrected chi connectivity index (χ0v) is 14.9. The van der Waals surface area contributed by atoms with Crippen LogP contribution in [0.3, 0.4) is 0 Å². The first kappa shape index (κ1) is 17.1. The van der Waals surface area contributed by atoms with Crippen molar-refractivity contribution in [1.29, 1.82) is 0 Å². The highest BCUT2D eigenvalue weighted by molar-refractivity contribution is 7.10. The number of carbonyl (C=O) groups excluding carboxylic acids is 1. The molecule has 1 aliphatic rings. The molecule has 0 saturated carbocycles. The summed E-state index contributed by atoms with van der Waals surface area (Å²) in [6.45, 7) is 5.38. The Kier molecular flexibility index (Phi) is 6.01. The minimum Gasteiger partial charge on any atom is -0.372 e. The molecule has 0 fully saturated rings. The molecule has 4 nitrogen and oxygen atoms in total. The second-order valence-electron chi connectivity index (χ2n) is 6.11. The molecular weight excluding hydrogens is 320 g/mol. The second-order valence-corrected chi connectivity index (χ2v) is 7.09. The summed E-state index contributed by atoms with van der Waals surface area (Å²) in [6, 6.07) is 13.3. The molecule has 1 unspecified atom stereocenters. The Balaban J connectivity index is 1.68. The summed E-state index contributed by atoms with van der Waals surface area (Å²) in [7, 11) is 0. The number of thiophene rings is 1. The summed E-state index contributed by atoms with van der Waals surface area (Å²) >= 11 is 1.77. The van der Waals surface area contributed by atoms with Crippen molar-refractivity contribution in [3.63, 3.8) is 0 Å². The average molecular weight is 345 g/mol. The van der Waals surface area contributed by atoms with E-state index in [4.69, 9.17) is 4.74 Å². The number of hydrogen-bond acceptors (Lipinski definition) is 3. The molecule has 2 atom stereocenters. The third kappa shape index (κ3) is 4.23. The van der Waals surface area contributed by atoms with Crippen LogP contribution in [0.5, 0.6) is 0 Å². The van der Waals surface area contributed by atoms with E-state index in [2.05, 4.69) is 47.1 Å². The lowest BCUT2D eigenvalue weighted by Crippen LogP contribution is -3.12. The van der Waals surface area contributed by atoms with E-state index >= 15 is 0 Å². The third-order valence-electron chi connectivity index (χ3n) is 4.57. The molecular formula is C19H25N2O2S+. The molecule has 0 radical (unpaired) electrons. The Bertz CT molecular complexity index is 657. The van der Waals surface area contributed by atoms with Crippen molar-refractivity contribution in [2.24, 2.45) is 0 Å². The molecule has 1 aromatic heterocycles. The fraction of sp³-hybridized carbons (Fsp3) is 0.421. The van der Waals surface area contributed by atoms with Crippen LogP contribution in [0.2, 0.25) is 0 Å². The van der Waals surface area contributed by atoms with E-state index in [9.17, 15) is 4.79 Å². The lowest BCUT2D eigenvalue weighted by Gasteiger charge is -2.32. The summed E-state index contributed by atoms with van der Waals surface area (Å²) in [5, 5.41) is 5.16. The van der Waals surface area contributed by atoms with E-state index in [-0.39, 0.29) is 12.5 Å². The van der Waals surface area contributed by atoms with Crippen molar-refractivity contribution in [1.82, 2.24) is 5.32 Å². The van der Waals surface area contributed by atoms with Gasteiger partial charge >= 0.3 is 0 Å². The Hall–Kier alpha value is -1.69. The van der Waals surface area contributed by atoms with Crippen molar-refractivity contribution in [3.05, 3.63) is 57.8 Å². The van der Waals surface area contributed by atoms with Gasteiger partial charge in [0, 0.05) is 18.6 Å². The highest BCUT2D eigenvalue weighted by atomic mass is 32.1. The van der Waals surface area contributed by atoms with Crippen LogP contribution < -0.4 is 10.2 Å². The van der Waals surface area contributed by atoms with Crippen LogP contribution in [0.1, 0.15) is 29.0 Å². The quantitative estimate of drug-likeness (QED) is 0.800. The Morgan fingerprint density at radius 3 is 2.88 bits per heavy atom. The SMILES string of the molecule is CCOCC(=O)NC[C@@H](c1cccs1)[NH+]1CCc2ccccc2C1. The van der Waals surface area contributed by atoms with E-state index in [0.29, 0.717) is 19.2 Å². The van der Waals surface area contributed by atoms with Crippen LogP contribution in [-0.4, -0.2) is 32.2 Å². The number of quaternary nitrogens is 1. The van der Waals surface area contributed by atoms with Crippen LogP contribution in [0.4, 0.5) is 0 Å². The van der Waals surface area contributed by atoms with Gasteiger partial charge in [0.1, 0.15) is 19.2 Å². The summed E-state index contributed by atoms with van der Waals surface area (Å²) in [6.07, 6.45) is 1.10. The van der Waals surface area contributed by atoms with E-state index in [1.165, 1.54) is 20.9 Å². The van der Waals surface area contributed by atoms with Gasteiger partial charge in [-0.2, -0.15) is 0 Å². The lowest BCUT2D eigenvalue weighted by molar-refractivity contribution is -0.945. The second kappa shape index (κ2) is 8.42. The Morgan fingerprint density at radius 2 is 2.12 bits per heavy atom. The number of fused-ring (bicyclic) bond motifs is 1. The van der Waals surface area contributed by atoms with E-state index in [1.54, 1.807) is 11.3 Å². The van der Waals surface area contributed by atoms with Crippen molar-refractivity contribution < 1.29 is 14.4 Å². The van der Waals surface area contributed by atoms with Gasteiger partial charge < -0.3 is 15.0 Å². The first-order chi connectivity index (χ1) is 11.8. The van der Waals surface area contributed by atoms with Gasteiger partial charge in [-0.05, 0) is 23.9 Å². The minimum absolute atomic E-state index is 0.0322. The molecule has 3 rings (SSSR count). The molecule has 1 amide bonds. The first-order valence-electron chi connectivity index (χ1n) is 8.57. The molecule has 0 saturated heterocycles. The molecule has 5 heteroatoms. The summed E-state index contributed by atoms with van der Waals surface area (Å²) < 4.78 is 5.19. The van der Waals surface area contributed by atoms with Crippen molar-refractivity contribution in [2.75, 3.05) is 26.3 Å². The number of hydrogen-bond donors (Lipinski definition) is 2. The van der Waals surface area contributed by atoms with Crippen molar-refractivity contribution >= 4 is 17.2 Å². The molecule has 0 bridgehead atoms. The van der Waals surface area contributed by atoms with Crippen LogP contribution in [0.25, 0.3) is 0 Å². The molecule has 1 aliphatic heterocycles. The smallest absolute Gasteiger partial charge is 0.246 e. The van der Waals surface area contributed by atoms with Gasteiger partial charge in [0.15, 0.2) is 0 Å². The monoisotopic (exact) mass is 345 g/mol. The topological polar surface area (TPSA) is 42.8 Å². The minimum atomic E-state index is -0.0322. The summed E-state index contributed by atoms with van der Waals surface area (Å²) in [5.74, 6) is -0.0322. The average Bonchev–Trinajstić information content (AvgIpc) is 3.14. The van der Waals surface area contributed by atoms with Crippen LogP contribution >= 0.6 is 11.3 Å². The van der Waals surface area contributed by atoms with E-state index in [1.807, 2.05) is 6.92 Å².